The van der Waals surface area contributed by atoms with Gasteiger partial charge in [0.25, 0.3) is 5.91 Å². The highest BCUT2D eigenvalue weighted by Gasteiger charge is 2.28. The monoisotopic (exact) mass is 414 g/mol. The zero-order valence-corrected chi connectivity index (χ0v) is 17.6. The fraction of sp³-hybridized carbons (Fsp3) is 0.409. The van der Waals surface area contributed by atoms with Crippen molar-refractivity contribution in [1.29, 1.82) is 0 Å². The second kappa shape index (κ2) is 9.85. The van der Waals surface area contributed by atoms with E-state index in [1.54, 1.807) is 29.4 Å². The molecule has 0 bridgehead atoms. The van der Waals surface area contributed by atoms with Crippen molar-refractivity contribution < 1.29 is 9.59 Å². The van der Waals surface area contributed by atoms with E-state index in [0.29, 0.717) is 43.1 Å². The second-order valence-electron chi connectivity index (χ2n) is 7.55. The molecule has 0 unspecified atom stereocenters. The Bertz CT molecular complexity index is 836. The second-order valence-corrected chi connectivity index (χ2v) is 7.96. The van der Waals surface area contributed by atoms with Crippen LogP contribution in [0.4, 0.5) is 0 Å². The summed E-state index contributed by atoms with van der Waals surface area (Å²) in [5.41, 5.74) is 1.58. The maximum atomic E-state index is 12.7. The van der Waals surface area contributed by atoms with Gasteiger partial charge in [-0.1, -0.05) is 29.8 Å². The summed E-state index contributed by atoms with van der Waals surface area (Å²) in [7, 11) is 3.95. The number of hydrogen-bond donors (Lipinski definition) is 1. The Morgan fingerprint density at radius 1 is 1.21 bits per heavy atom. The van der Waals surface area contributed by atoms with Crippen LogP contribution in [0.2, 0.25) is 5.02 Å². The number of pyridine rings is 1. The Hall–Kier alpha value is -2.44. The van der Waals surface area contributed by atoms with Crippen LogP contribution in [0, 0.1) is 5.92 Å². The van der Waals surface area contributed by atoms with Gasteiger partial charge in [-0.2, -0.15) is 0 Å². The smallest absolute Gasteiger partial charge is 0.255 e. The first-order valence-corrected chi connectivity index (χ1v) is 10.2. The fourth-order valence-corrected chi connectivity index (χ4v) is 3.94. The standard InChI is InChI=1S/C22H27ClN4O2/c1-26(2)20(18-7-3-4-8-19(18)23)15-25-21(28)16-9-12-27(13-10-16)22(29)17-6-5-11-24-14-17/h3-8,11,14,16,20H,9-10,12-13,15H2,1-2H3,(H,25,28)/t20-/m0/s1. The van der Waals surface area contributed by atoms with Crippen LogP contribution in [0.25, 0.3) is 0 Å². The maximum Gasteiger partial charge on any atom is 0.255 e. The SMILES string of the molecule is CN(C)[C@@H](CNC(=O)C1CCN(C(=O)c2cccnc2)CC1)c1ccccc1Cl. The molecule has 1 N–H and O–H groups in total. The number of carbonyl (C=O) groups excluding carboxylic acids is 2. The average Bonchev–Trinajstić information content (AvgIpc) is 2.75. The molecule has 1 aromatic heterocycles. The number of hydrogen-bond acceptors (Lipinski definition) is 4. The zero-order chi connectivity index (χ0) is 20.8. The van der Waals surface area contributed by atoms with E-state index in [1.807, 2.05) is 38.4 Å². The fourth-order valence-electron chi connectivity index (χ4n) is 3.67. The molecule has 1 fully saturated rings. The Kier molecular flexibility index (Phi) is 7.23. The number of benzene rings is 1. The van der Waals surface area contributed by atoms with Crippen molar-refractivity contribution in [3.05, 3.63) is 64.9 Å². The number of halogens is 1. The normalized spacial score (nSPS) is 15.9. The summed E-state index contributed by atoms with van der Waals surface area (Å²) in [5, 5.41) is 3.78. The number of likely N-dealkylation sites (N-methyl/N-ethyl adjacent to an activating group) is 1. The third kappa shape index (κ3) is 5.34. The van der Waals surface area contributed by atoms with Crippen LogP contribution in [-0.2, 0) is 4.79 Å². The van der Waals surface area contributed by atoms with Crippen LogP contribution >= 0.6 is 11.6 Å². The molecule has 2 aromatic rings. The van der Waals surface area contributed by atoms with Gasteiger partial charge < -0.3 is 15.1 Å². The highest BCUT2D eigenvalue weighted by Crippen LogP contribution is 2.26. The molecular weight excluding hydrogens is 388 g/mol. The lowest BCUT2D eigenvalue weighted by atomic mass is 9.95. The van der Waals surface area contributed by atoms with E-state index in [4.69, 9.17) is 11.6 Å². The summed E-state index contributed by atoms with van der Waals surface area (Å²) in [6.45, 7) is 1.64. The van der Waals surface area contributed by atoms with Crippen LogP contribution in [-0.4, -0.2) is 60.3 Å². The number of likely N-dealkylation sites (tertiary alicyclic amines) is 1. The van der Waals surface area contributed by atoms with Gasteiger partial charge in [-0.3, -0.25) is 14.6 Å². The summed E-state index contributed by atoms with van der Waals surface area (Å²) < 4.78 is 0. The number of carbonyl (C=O) groups is 2. The van der Waals surface area contributed by atoms with E-state index in [1.165, 1.54) is 0 Å². The Morgan fingerprint density at radius 2 is 1.93 bits per heavy atom. The molecule has 0 saturated carbocycles. The van der Waals surface area contributed by atoms with Crippen LogP contribution in [0.15, 0.2) is 48.8 Å². The summed E-state index contributed by atoms with van der Waals surface area (Å²) in [5.74, 6) is -0.0669. The predicted molar refractivity (Wildman–Crippen MR) is 114 cm³/mol. The van der Waals surface area contributed by atoms with Crippen LogP contribution in [0.1, 0.15) is 34.8 Å². The van der Waals surface area contributed by atoms with Crippen LogP contribution in [0.5, 0.6) is 0 Å². The zero-order valence-electron chi connectivity index (χ0n) is 16.8. The van der Waals surface area contributed by atoms with Gasteiger partial charge in [0.05, 0.1) is 11.6 Å². The topological polar surface area (TPSA) is 65.5 Å². The lowest BCUT2D eigenvalue weighted by Gasteiger charge is -2.32. The molecule has 1 atom stereocenters. The van der Waals surface area contributed by atoms with E-state index in [2.05, 4.69) is 15.2 Å². The lowest BCUT2D eigenvalue weighted by Crippen LogP contribution is -2.44. The third-order valence-corrected chi connectivity index (χ3v) is 5.76. The summed E-state index contributed by atoms with van der Waals surface area (Å²) >= 11 is 6.34. The number of nitrogens with zero attached hydrogens (tertiary/aromatic N) is 3. The molecule has 1 aromatic carbocycles. The van der Waals surface area contributed by atoms with Crippen molar-refractivity contribution in [3.8, 4) is 0 Å². The first-order chi connectivity index (χ1) is 14.0. The van der Waals surface area contributed by atoms with Gasteiger partial charge >= 0.3 is 0 Å². The molecule has 1 saturated heterocycles. The number of aromatic nitrogens is 1. The van der Waals surface area contributed by atoms with Crippen molar-refractivity contribution in [2.45, 2.75) is 18.9 Å². The molecule has 29 heavy (non-hydrogen) atoms. The van der Waals surface area contributed by atoms with E-state index < -0.39 is 0 Å². The molecule has 1 aliphatic rings. The summed E-state index contributed by atoms with van der Waals surface area (Å²) in [6.07, 6.45) is 4.56. The molecule has 2 amide bonds. The molecule has 0 spiro atoms. The minimum Gasteiger partial charge on any atom is -0.354 e. The molecule has 1 aliphatic heterocycles. The Morgan fingerprint density at radius 3 is 2.55 bits per heavy atom. The van der Waals surface area contributed by atoms with E-state index >= 15 is 0 Å². The summed E-state index contributed by atoms with van der Waals surface area (Å²) in [4.78, 5) is 33.1. The van der Waals surface area contributed by atoms with Gasteiger partial charge in [0.2, 0.25) is 5.91 Å². The lowest BCUT2D eigenvalue weighted by molar-refractivity contribution is -0.126. The molecule has 0 radical (unpaired) electrons. The summed E-state index contributed by atoms with van der Waals surface area (Å²) in [6, 6.07) is 11.2. The quantitative estimate of drug-likeness (QED) is 0.789. The molecule has 154 valence electrons. The first kappa shape index (κ1) is 21.3. The number of amides is 2. The Labute approximate surface area is 176 Å². The minimum absolute atomic E-state index is 0.0000950. The Balaban J connectivity index is 1.53. The van der Waals surface area contributed by atoms with Gasteiger partial charge in [-0.05, 0) is 50.7 Å². The van der Waals surface area contributed by atoms with E-state index in [0.717, 1.165) is 5.56 Å². The van der Waals surface area contributed by atoms with Gasteiger partial charge in [-0.25, -0.2) is 0 Å². The maximum absolute atomic E-state index is 12.7. The first-order valence-electron chi connectivity index (χ1n) is 9.85. The van der Waals surface area contributed by atoms with Crippen molar-refractivity contribution in [3.63, 3.8) is 0 Å². The van der Waals surface area contributed by atoms with E-state index in [-0.39, 0.29) is 23.8 Å². The highest BCUT2D eigenvalue weighted by molar-refractivity contribution is 6.31. The minimum atomic E-state index is -0.0815. The largest absolute Gasteiger partial charge is 0.354 e. The molecular formula is C22H27ClN4O2. The molecule has 3 rings (SSSR count). The van der Waals surface area contributed by atoms with Gasteiger partial charge in [0, 0.05) is 43.0 Å². The predicted octanol–water partition coefficient (Wildman–Crippen LogP) is 3.01. The van der Waals surface area contributed by atoms with Crippen molar-refractivity contribution in [2.75, 3.05) is 33.7 Å². The number of rotatable bonds is 6. The van der Waals surface area contributed by atoms with E-state index in [9.17, 15) is 9.59 Å². The molecule has 2 heterocycles. The molecule has 0 aliphatic carbocycles. The van der Waals surface area contributed by atoms with Crippen molar-refractivity contribution in [2.24, 2.45) is 5.92 Å². The van der Waals surface area contributed by atoms with Crippen LogP contribution < -0.4 is 5.32 Å². The molecule has 6 nitrogen and oxygen atoms in total. The van der Waals surface area contributed by atoms with Crippen LogP contribution in [0.3, 0.4) is 0 Å². The van der Waals surface area contributed by atoms with Crippen molar-refractivity contribution >= 4 is 23.4 Å². The van der Waals surface area contributed by atoms with Gasteiger partial charge in [-0.15, -0.1) is 0 Å². The molecule has 7 heteroatoms. The van der Waals surface area contributed by atoms with Gasteiger partial charge in [0.15, 0.2) is 0 Å². The average molecular weight is 415 g/mol. The number of nitrogens with one attached hydrogen (secondary N) is 1. The third-order valence-electron chi connectivity index (χ3n) is 5.42. The van der Waals surface area contributed by atoms with Gasteiger partial charge in [0.1, 0.15) is 0 Å². The van der Waals surface area contributed by atoms with Crippen molar-refractivity contribution in [1.82, 2.24) is 20.1 Å². The number of piperidine rings is 1. The highest BCUT2D eigenvalue weighted by atomic mass is 35.5.